The molecule has 0 aliphatic heterocycles. The Morgan fingerprint density at radius 2 is 2.06 bits per heavy atom. The molecule has 0 amide bonds. The molecule has 1 aromatic rings. The minimum absolute atomic E-state index is 0.0465. The molecule has 2 N–H and O–H groups in total. The van der Waals surface area contributed by atoms with E-state index in [2.05, 4.69) is 15.9 Å². The van der Waals surface area contributed by atoms with E-state index in [4.69, 9.17) is 5.11 Å². The highest BCUT2D eigenvalue weighted by molar-refractivity contribution is 9.10. The number of aliphatic hydroxyl groups is 1. The maximum atomic E-state index is 11.2. The number of carboxylic acid groups (broad SMARTS) is 1. The Morgan fingerprint density at radius 3 is 2.56 bits per heavy atom. The molecule has 0 unspecified atom stereocenters. The first-order chi connectivity index (χ1) is 7.60. The maximum absolute atomic E-state index is 11.2. The Hall–Kier alpha value is -0.870. The molecular weight excluding hydrogens is 272 g/mol. The summed E-state index contributed by atoms with van der Waals surface area (Å²) in [6.07, 6.45) is 0.966. The van der Waals surface area contributed by atoms with Crippen molar-refractivity contribution in [2.45, 2.75) is 18.8 Å². The number of carboxylic acids is 1. The van der Waals surface area contributed by atoms with Crippen LogP contribution in [0.25, 0.3) is 0 Å². The van der Waals surface area contributed by atoms with E-state index in [1.54, 1.807) is 0 Å². The van der Waals surface area contributed by atoms with E-state index in [0.717, 1.165) is 10.0 Å². The molecule has 1 fully saturated rings. The predicted molar refractivity (Wildman–Crippen MR) is 63.3 cm³/mol. The predicted octanol–water partition coefficient (Wildman–Crippen LogP) is 2.39. The first-order valence-electron chi connectivity index (χ1n) is 5.20. The summed E-state index contributed by atoms with van der Waals surface area (Å²) in [5, 5.41) is 18.1. The summed E-state index contributed by atoms with van der Waals surface area (Å²) in [6.45, 7) is -0.0701. The van der Waals surface area contributed by atoms with Gasteiger partial charge in [-0.25, -0.2) is 0 Å². The van der Waals surface area contributed by atoms with E-state index in [-0.39, 0.29) is 12.5 Å². The second kappa shape index (κ2) is 4.18. The van der Waals surface area contributed by atoms with Crippen LogP contribution >= 0.6 is 15.9 Å². The van der Waals surface area contributed by atoms with Gasteiger partial charge in [-0.15, -0.1) is 0 Å². The quantitative estimate of drug-likeness (QED) is 0.893. The zero-order chi connectivity index (χ0) is 11.8. The van der Waals surface area contributed by atoms with Crippen LogP contribution in [0.3, 0.4) is 0 Å². The summed E-state index contributed by atoms with van der Waals surface area (Å²) in [7, 11) is 0. The average molecular weight is 285 g/mol. The molecule has 0 bridgehead atoms. The summed E-state index contributed by atoms with van der Waals surface area (Å²) in [4.78, 5) is 11.2. The Kier molecular flexibility index (Phi) is 3.04. The Balaban J connectivity index is 2.19. The number of hydrogen-bond acceptors (Lipinski definition) is 2. The van der Waals surface area contributed by atoms with Crippen LogP contribution in [-0.2, 0) is 4.79 Å². The summed E-state index contributed by atoms with van der Waals surface area (Å²) in [5.41, 5.74) is 0.307. The van der Waals surface area contributed by atoms with Gasteiger partial charge in [-0.2, -0.15) is 0 Å². The molecule has 4 heteroatoms. The Morgan fingerprint density at radius 1 is 1.44 bits per heavy atom. The smallest absolute Gasteiger partial charge is 0.310 e. The second-order valence-electron chi connectivity index (χ2n) is 4.24. The van der Waals surface area contributed by atoms with Crippen LogP contribution < -0.4 is 0 Å². The monoisotopic (exact) mass is 284 g/mol. The molecule has 86 valence electrons. The topological polar surface area (TPSA) is 57.5 Å². The molecule has 3 nitrogen and oxygen atoms in total. The first-order valence-corrected chi connectivity index (χ1v) is 5.99. The number of carbonyl (C=O) groups is 1. The van der Waals surface area contributed by atoms with Crippen LogP contribution in [0.1, 0.15) is 24.3 Å². The van der Waals surface area contributed by atoms with Crippen LogP contribution in [0.2, 0.25) is 0 Å². The van der Waals surface area contributed by atoms with Gasteiger partial charge in [0.1, 0.15) is 0 Å². The molecule has 1 aliphatic rings. The minimum Gasteiger partial charge on any atom is -0.481 e. The lowest BCUT2D eigenvalue weighted by Gasteiger charge is -2.10. The summed E-state index contributed by atoms with van der Waals surface area (Å²) >= 11 is 3.35. The van der Waals surface area contributed by atoms with Crippen LogP contribution in [0.4, 0.5) is 0 Å². The molecule has 16 heavy (non-hydrogen) atoms. The Bertz CT molecular complexity index is 401. The first kappa shape index (κ1) is 11.6. The van der Waals surface area contributed by atoms with Crippen molar-refractivity contribution in [2.24, 2.45) is 5.41 Å². The average Bonchev–Trinajstić information content (AvgIpc) is 2.96. The van der Waals surface area contributed by atoms with Gasteiger partial charge in [-0.05, 0) is 30.5 Å². The lowest BCUT2D eigenvalue weighted by Crippen LogP contribution is -2.18. The van der Waals surface area contributed by atoms with Gasteiger partial charge in [-0.3, -0.25) is 4.79 Å². The van der Waals surface area contributed by atoms with Crippen molar-refractivity contribution in [3.8, 4) is 0 Å². The summed E-state index contributed by atoms with van der Waals surface area (Å²) in [6, 6.07) is 7.71. The third kappa shape index (κ3) is 1.87. The van der Waals surface area contributed by atoms with Crippen molar-refractivity contribution in [3.63, 3.8) is 0 Å². The molecule has 1 saturated carbocycles. The van der Waals surface area contributed by atoms with Gasteiger partial charge >= 0.3 is 5.97 Å². The Labute approximate surface area is 102 Å². The lowest BCUT2D eigenvalue weighted by molar-refractivity contribution is -0.144. The fourth-order valence-electron chi connectivity index (χ4n) is 2.26. The number of hydrogen-bond donors (Lipinski definition) is 2. The third-order valence-corrected chi connectivity index (χ3v) is 3.86. The van der Waals surface area contributed by atoms with Gasteiger partial charge < -0.3 is 10.2 Å². The molecule has 2 rings (SSSR count). The third-order valence-electron chi connectivity index (χ3n) is 3.33. The normalized spacial score (nSPS) is 27.8. The minimum atomic E-state index is -0.797. The van der Waals surface area contributed by atoms with Crippen molar-refractivity contribution < 1.29 is 15.0 Å². The number of aliphatic carboxylic acids is 1. The molecule has 1 aromatic carbocycles. The number of aliphatic hydroxyl groups excluding tert-OH is 1. The second-order valence-corrected chi connectivity index (χ2v) is 5.16. The van der Waals surface area contributed by atoms with Crippen molar-refractivity contribution >= 4 is 21.9 Å². The fraction of sp³-hybridized carbons (Fsp3) is 0.417. The highest BCUT2D eigenvalue weighted by Crippen LogP contribution is 2.61. The van der Waals surface area contributed by atoms with Gasteiger partial charge in [0.15, 0.2) is 0 Å². The number of halogens is 1. The van der Waals surface area contributed by atoms with Crippen LogP contribution in [0.15, 0.2) is 28.7 Å². The van der Waals surface area contributed by atoms with Crippen molar-refractivity contribution in [1.82, 2.24) is 0 Å². The zero-order valence-electron chi connectivity index (χ0n) is 8.69. The highest BCUT2D eigenvalue weighted by Gasteiger charge is 2.60. The van der Waals surface area contributed by atoms with Crippen molar-refractivity contribution in [2.75, 3.05) is 6.61 Å². The van der Waals surface area contributed by atoms with Crippen molar-refractivity contribution in [3.05, 3.63) is 34.3 Å². The molecule has 0 heterocycles. The van der Waals surface area contributed by atoms with E-state index in [0.29, 0.717) is 12.8 Å². The lowest BCUT2D eigenvalue weighted by atomic mass is 9.96. The van der Waals surface area contributed by atoms with Crippen LogP contribution in [-0.4, -0.2) is 22.8 Å². The molecule has 1 aliphatic carbocycles. The largest absolute Gasteiger partial charge is 0.481 e. The van der Waals surface area contributed by atoms with Gasteiger partial charge in [0, 0.05) is 17.0 Å². The zero-order valence-corrected chi connectivity index (χ0v) is 10.3. The molecule has 0 spiro atoms. The SMILES string of the molecule is O=C(O)[C@@]1(CCO)C[C@@H]1c1ccc(Br)cc1. The van der Waals surface area contributed by atoms with E-state index < -0.39 is 11.4 Å². The molecular formula is C12H13BrO3. The van der Waals surface area contributed by atoms with E-state index in [1.807, 2.05) is 24.3 Å². The van der Waals surface area contributed by atoms with E-state index in [9.17, 15) is 9.90 Å². The fourth-order valence-corrected chi connectivity index (χ4v) is 2.52. The molecule has 0 radical (unpaired) electrons. The van der Waals surface area contributed by atoms with Gasteiger partial charge in [0.25, 0.3) is 0 Å². The summed E-state index contributed by atoms with van der Waals surface area (Å²) in [5.74, 6) is -0.750. The molecule has 0 aromatic heterocycles. The van der Waals surface area contributed by atoms with Gasteiger partial charge in [0.2, 0.25) is 0 Å². The van der Waals surface area contributed by atoms with E-state index >= 15 is 0 Å². The number of benzene rings is 1. The van der Waals surface area contributed by atoms with Gasteiger partial charge in [-0.1, -0.05) is 28.1 Å². The molecule has 0 saturated heterocycles. The summed E-state index contributed by atoms with van der Waals surface area (Å²) < 4.78 is 0.986. The van der Waals surface area contributed by atoms with Gasteiger partial charge in [0.05, 0.1) is 5.41 Å². The highest BCUT2D eigenvalue weighted by atomic mass is 79.9. The molecule has 2 atom stereocenters. The van der Waals surface area contributed by atoms with E-state index in [1.165, 1.54) is 0 Å². The van der Waals surface area contributed by atoms with Crippen LogP contribution in [0, 0.1) is 5.41 Å². The van der Waals surface area contributed by atoms with Crippen molar-refractivity contribution in [1.29, 1.82) is 0 Å². The standard InChI is InChI=1S/C12H13BrO3/c13-9-3-1-8(2-4-9)10-7-12(10,5-6-14)11(15)16/h1-4,10,14H,5-7H2,(H,15,16)/t10-,12+/m1/s1. The van der Waals surface area contributed by atoms with Crippen LogP contribution in [0.5, 0.6) is 0 Å². The maximum Gasteiger partial charge on any atom is 0.310 e. The number of rotatable bonds is 4.